The maximum absolute atomic E-state index is 8.56. The van der Waals surface area contributed by atoms with Crippen LogP contribution in [-0.2, 0) is 0 Å². The molecule has 4 aromatic rings. The van der Waals surface area contributed by atoms with Crippen molar-refractivity contribution in [1.82, 2.24) is 4.98 Å². The summed E-state index contributed by atoms with van der Waals surface area (Å²) in [6, 6.07) is 22.1. The highest BCUT2D eigenvalue weighted by molar-refractivity contribution is 7.22. The first-order chi connectivity index (χ1) is 12.8. The summed E-state index contributed by atoms with van der Waals surface area (Å²) in [7, 11) is 0. The molecule has 0 amide bonds. The van der Waals surface area contributed by atoms with Gasteiger partial charge in [-0.15, -0.1) is 10.2 Å². The number of nitrogens with one attached hydrogen (secondary N) is 1. The lowest BCUT2D eigenvalue weighted by Gasteiger charge is -2.02. The van der Waals surface area contributed by atoms with Crippen molar-refractivity contribution in [3.05, 3.63) is 60.7 Å². The second-order valence-corrected chi connectivity index (χ2v) is 6.69. The number of thiazole rings is 1. The normalized spacial score (nSPS) is 11.2. The molecule has 0 saturated carbocycles. The second-order valence-electron chi connectivity index (χ2n) is 5.71. The summed E-state index contributed by atoms with van der Waals surface area (Å²) in [5, 5.41) is 23.3. The van der Waals surface area contributed by atoms with Crippen molar-refractivity contribution in [1.29, 1.82) is 5.26 Å². The highest BCUT2D eigenvalue weighted by Gasteiger charge is 2.06. The van der Waals surface area contributed by atoms with Gasteiger partial charge in [0.15, 0.2) is 0 Å². The molecule has 126 valence electrons. The van der Waals surface area contributed by atoms with Gasteiger partial charge in [-0.05, 0) is 35.7 Å². The maximum Gasteiger partial charge on any atom is 0.231 e. The molecule has 0 radical (unpaired) electrons. The van der Waals surface area contributed by atoms with Crippen molar-refractivity contribution in [2.45, 2.75) is 6.42 Å². The van der Waals surface area contributed by atoms with Crippen LogP contribution in [0, 0.1) is 11.3 Å². The Morgan fingerprint density at radius 1 is 1.00 bits per heavy atom. The summed E-state index contributed by atoms with van der Waals surface area (Å²) in [5.41, 5.74) is 2.67. The standard InChI is InChI=1S/C20H15N5S/c21-12-3-13-22-15-7-9-16(10-8-15)24-25-20-23-18-11-6-14-4-1-2-5-17(14)19(18)26-20/h1-2,4-11,22H,3,13H2. The minimum atomic E-state index is 0.480. The molecule has 0 saturated heterocycles. The van der Waals surface area contributed by atoms with Crippen LogP contribution >= 0.6 is 11.3 Å². The van der Waals surface area contributed by atoms with E-state index >= 15 is 0 Å². The van der Waals surface area contributed by atoms with Gasteiger partial charge in [0.05, 0.1) is 28.4 Å². The molecule has 0 aliphatic rings. The lowest BCUT2D eigenvalue weighted by molar-refractivity contribution is 1.07. The number of hydrogen-bond acceptors (Lipinski definition) is 6. The number of nitrogens with zero attached hydrogens (tertiary/aromatic N) is 4. The van der Waals surface area contributed by atoms with Gasteiger partial charge in [0.1, 0.15) is 0 Å². The van der Waals surface area contributed by atoms with E-state index in [1.165, 1.54) is 10.8 Å². The van der Waals surface area contributed by atoms with Gasteiger partial charge in [-0.2, -0.15) is 5.26 Å². The number of rotatable bonds is 5. The van der Waals surface area contributed by atoms with Gasteiger partial charge in [-0.25, -0.2) is 4.98 Å². The predicted molar refractivity (Wildman–Crippen MR) is 106 cm³/mol. The van der Waals surface area contributed by atoms with E-state index in [4.69, 9.17) is 5.26 Å². The molecule has 0 fully saturated rings. The molecular weight excluding hydrogens is 342 g/mol. The second kappa shape index (κ2) is 7.30. The zero-order valence-electron chi connectivity index (χ0n) is 13.9. The molecule has 3 aromatic carbocycles. The number of anilines is 1. The number of fused-ring (bicyclic) bond motifs is 3. The monoisotopic (exact) mass is 357 g/mol. The lowest BCUT2D eigenvalue weighted by Crippen LogP contribution is -1.99. The summed E-state index contributed by atoms with van der Waals surface area (Å²) in [5.74, 6) is 0. The van der Waals surface area contributed by atoms with E-state index in [1.807, 2.05) is 42.5 Å². The van der Waals surface area contributed by atoms with Gasteiger partial charge in [-0.1, -0.05) is 41.7 Å². The quantitative estimate of drug-likeness (QED) is 0.342. The van der Waals surface area contributed by atoms with Crippen LogP contribution in [0.3, 0.4) is 0 Å². The molecule has 0 unspecified atom stereocenters. The smallest absolute Gasteiger partial charge is 0.231 e. The van der Waals surface area contributed by atoms with Crippen LogP contribution in [0.5, 0.6) is 0 Å². The number of hydrogen-bond donors (Lipinski definition) is 1. The van der Waals surface area contributed by atoms with Crippen molar-refractivity contribution < 1.29 is 0 Å². The molecule has 0 bridgehead atoms. The Bertz CT molecular complexity index is 1120. The molecular formula is C20H15N5S. The minimum absolute atomic E-state index is 0.480. The molecule has 5 nitrogen and oxygen atoms in total. The lowest BCUT2D eigenvalue weighted by atomic mass is 10.1. The molecule has 0 spiro atoms. The highest BCUT2D eigenvalue weighted by Crippen LogP contribution is 2.34. The fourth-order valence-corrected chi connectivity index (χ4v) is 3.62. The van der Waals surface area contributed by atoms with Crippen molar-refractivity contribution in [3.8, 4) is 6.07 Å². The Hall–Kier alpha value is -3.30. The van der Waals surface area contributed by atoms with Crippen molar-refractivity contribution >= 4 is 48.8 Å². The fourth-order valence-electron chi connectivity index (χ4n) is 2.70. The average Bonchev–Trinajstić information content (AvgIpc) is 3.11. The van der Waals surface area contributed by atoms with E-state index in [0.29, 0.717) is 18.1 Å². The molecule has 26 heavy (non-hydrogen) atoms. The summed E-state index contributed by atoms with van der Waals surface area (Å²) in [6.07, 6.45) is 0.480. The Labute approximate surface area is 154 Å². The molecule has 1 aromatic heterocycles. The Balaban J connectivity index is 1.55. The van der Waals surface area contributed by atoms with E-state index in [2.05, 4.69) is 44.8 Å². The van der Waals surface area contributed by atoms with Crippen molar-refractivity contribution in [2.24, 2.45) is 10.2 Å². The van der Waals surface area contributed by atoms with Crippen LogP contribution in [0.15, 0.2) is 70.9 Å². The first-order valence-corrected chi connectivity index (χ1v) is 9.06. The number of aromatic nitrogens is 1. The van der Waals surface area contributed by atoms with Gasteiger partial charge in [0.25, 0.3) is 0 Å². The number of nitriles is 1. The van der Waals surface area contributed by atoms with Crippen molar-refractivity contribution in [2.75, 3.05) is 11.9 Å². The molecule has 1 heterocycles. The fraction of sp³-hybridized carbons (Fsp3) is 0.100. The van der Waals surface area contributed by atoms with Crippen LogP contribution < -0.4 is 5.32 Å². The average molecular weight is 357 g/mol. The van der Waals surface area contributed by atoms with Crippen LogP contribution in [0.4, 0.5) is 16.5 Å². The largest absolute Gasteiger partial charge is 0.384 e. The van der Waals surface area contributed by atoms with Gasteiger partial charge in [0, 0.05) is 17.6 Å². The zero-order chi connectivity index (χ0) is 17.8. The Morgan fingerprint density at radius 2 is 1.85 bits per heavy atom. The first-order valence-electron chi connectivity index (χ1n) is 8.24. The molecule has 6 heteroatoms. The predicted octanol–water partition coefficient (Wildman–Crippen LogP) is 6.19. The number of benzene rings is 3. The molecule has 4 rings (SSSR count). The maximum atomic E-state index is 8.56. The first kappa shape index (κ1) is 16.2. The Kier molecular flexibility index (Phi) is 4.54. The topological polar surface area (TPSA) is 73.4 Å². The number of azo groups is 1. The SMILES string of the molecule is N#CCCNc1ccc(N=Nc2nc3ccc4ccccc4c3s2)cc1. The summed E-state index contributed by atoms with van der Waals surface area (Å²) >= 11 is 1.55. The van der Waals surface area contributed by atoms with Gasteiger partial charge in [0.2, 0.25) is 5.13 Å². The molecule has 0 aliphatic heterocycles. The molecule has 0 atom stereocenters. The van der Waals surface area contributed by atoms with E-state index in [0.717, 1.165) is 21.6 Å². The third kappa shape index (κ3) is 3.39. The Morgan fingerprint density at radius 3 is 2.69 bits per heavy atom. The van der Waals surface area contributed by atoms with E-state index in [9.17, 15) is 0 Å². The van der Waals surface area contributed by atoms with Crippen LogP contribution in [-0.4, -0.2) is 11.5 Å². The molecule has 0 aliphatic carbocycles. The van der Waals surface area contributed by atoms with Crippen LogP contribution in [0.25, 0.3) is 21.0 Å². The van der Waals surface area contributed by atoms with E-state index < -0.39 is 0 Å². The zero-order valence-corrected chi connectivity index (χ0v) is 14.7. The highest BCUT2D eigenvalue weighted by atomic mass is 32.1. The summed E-state index contributed by atoms with van der Waals surface area (Å²) in [6.45, 7) is 0.636. The van der Waals surface area contributed by atoms with Crippen LogP contribution in [0.2, 0.25) is 0 Å². The third-order valence-corrected chi connectivity index (χ3v) is 4.94. The summed E-state index contributed by atoms with van der Waals surface area (Å²) < 4.78 is 1.13. The van der Waals surface area contributed by atoms with Crippen molar-refractivity contribution in [3.63, 3.8) is 0 Å². The van der Waals surface area contributed by atoms with Crippen LogP contribution in [0.1, 0.15) is 6.42 Å². The molecule has 1 N–H and O–H groups in total. The van der Waals surface area contributed by atoms with Gasteiger partial charge in [-0.3, -0.25) is 0 Å². The van der Waals surface area contributed by atoms with Gasteiger partial charge < -0.3 is 5.32 Å². The van der Waals surface area contributed by atoms with E-state index in [-0.39, 0.29) is 0 Å². The summed E-state index contributed by atoms with van der Waals surface area (Å²) in [4.78, 5) is 4.56. The third-order valence-electron chi connectivity index (χ3n) is 3.95. The van der Waals surface area contributed by atoms with E-state index in [1.54, 1.807) is 11.3 Å². The van der Waals surface area contributed by atoms with Gasteiger partial charge >= 0.3 is 0 Å². The minimum Gasteiger partial charge on any atom is -0.384 e.